The van der Waals surface area contributed by atoms with Crippen LogP contribution in [0, 0.1) is 0 Å². The third-order valence-electron chi connectivity index (χ3n) is 0.298. The predicted molar refractivity (Wildman–Crippen MR) is 29.1 cm³/mol. The smallest absolute Gasteiger partial charge is 1.00 e. The molecule has 0 spiro atoms. The Morgan fingerprint density at radius 2 is 1.18 bits per heavy atom. The molecule has 0 aromatic carbocycles. The van der Waals surface area contributed by atoms with Gasteiger partial charge < -0.3 is 1.43 Å². The Morgan fingerprint density at radius 1 is 1.00 bits per heavy atom. The molecule has 0 radical (unpaired) electrons. The number of rotatable bonds is 2. The van der Waals surface area contributed by atoms with E-state index in [0.29, 0.717) is 0 Å². The van der Waals surface area contributed by atoms with E-state index in [2.05, 4.69) is 0 Å². The third-order valence-corrected chi connectivity index (χ3v) is 2.68. The first-order valence-corrected chi connectivity index (χ1v) is 4.83. The van der Waals surface area contributed by atoms with Gasteiger partial charge in [-0.1, -0.05) is 0 Å². The molecule has 0 amide bonds. The van der Waals surface area contributed by atoms with E-state index < -0.39 is 25.3 Å². The second-order valence-electron chi connectivity index (χ2n) is 1.28. The van der Waals surface area contributed by atoms with E-state index in [-0.39, 0.29) is 50.5 Å². The van der Waals surface area contributed by atoms with Crippen LogP contribution in [0.3, 0.4) is 0 Å². The second kappa shape index (κ2) is 5.98. The van der Waals surface area contributed by atoms with E-state index in [0.717, 1.165) is 0 Å². The summed E-state index contributed by atoms with van der Waals surface area (Å²) < 4.78 is 54.2. The van der Waals surface area contributed by atoms with Crippen LogP contribution < -0.4 is 29.6 Å². The van der Waals surface area contributed by atoms with Crippen molar-refractivity contribution in [3.05, 3.63) is 0 Å². The first-order chi connectivity index (χ1) is 3.71. The zero-order chi connectivity index (χ0) is 7.71. The van der Waals surface area contributed by atoms with E-state index in [9.17, 15) is 16.8 Å². The molecule has 0 aromatic rings. The fourth-order valence-corrected chi connectivity index (χ4v) is 1.69. The van der Waals surface area contributed by atoms with Crippen LogP contribution in [-0.4, -0.2) is 31.0 Å². The Morgan fingerprint density at radius 3 is 1.18 bits per heavy atom. The summed E-state index contributed by atoms with van der Waals surface area (Å²) >= 11 is 0. The fraction of sp³-hybridized carbons (Fsp3) is 1.00. The summed E-state index contributed by atoms with van der Waals surface area (Å²) in [6.45, 7) is 0. The fourth-order valence-electron chi connectivity index (χ4n) is 0.188. The summed E-state index contributed by atoms with van der Waals surface area (Å²) in [5.41, 5.74) is 0. The molecule has 0 atom stereocenters. The maximum absolute atomic E-state index is 9.66. The normalized spacial score (nSPS) is 11.1. The Bertz CT molecular complexity index is 251. The van der Waals surface area contributed by atoms with Crippen molar-refractivity contribution in [1.82, 2.24) is 0 Å². The summed E-state index contributed by atoms with van der Waals surface area (Å²) in [5, 5.41) is -1.65. The predicted octanol–water partition coefficient (Wildman–Crippen LogP) is -4.17. The SMILES string of the molecule is O=S(=O)(O)CS(=O)(=O)O.[H-].[Na+].[Zn]. The molecule has 11 heavy (non-hydrogen) atoms. The molecule has 0 rings (SSSR count). The maximum Gasteiger partial charge on any atom is 1.00 e. The average Bonchev–Trinajstić information content (AvgIpc) is 1.14. The molecule has 0 bridgehead atoms. The van der Waals surface area contributed by atoms with Gasteiger partial charge in [0.05, 0.1) is 0 Å². The van der Waals surface area contributed by atoms with Gasteiger partial charge in [-0.05, 0) is 0 Å². The monoisotopic (exact) mass is 264 g/mol. The van der Waals surface area contributed by atoms with Crippen molar-refractivity contribution in [1.29, 1.82) is 0 Å². The van der Waals surface area contributed by atoms with Gasteiger partial charge in [-0.25, -0.2) is 0 Å². The van der Waals surface area contributed by atoms with E-state index in [1.807, 2.05) is 0 Å². The van der Waals surface area contributed by atoms with Crippen molar-refractivity contribution >= 4 is 20.2 Å². The van der Waals surface area contributed by atoms with Crippen molar-refractivity contribution in [2.75, 3.05) is 5.08 Å². The van der Waals surface area contributed by atoms with Gasteiger partial charge >= 0.3 is 29.6 Å². The summed E-state index contributed by atoms with van der Waals surface area (Å²) in [6.07, 6.45) is 0. The Balaban J connectivity index is -0.000000107. The molecule has 0 aliphatic carbocycles. The van der Waals surface area contributed by atoms with Crippen molar-refractivity contribution in [3.8, 4) is 0 Å². The van der Waals surface area contributed by atoms with Crippen molar-refractivity contribution in [2.45, 2.75) is 0 Å². The molecule has 10 heteroatoms. The van der Waals surface area contributed by atoms with Gasteiger partial charge in [-0.15, -0.1) is 0 Å². The van der Waals surface area contributed by atoms with Gasteiger partial charge in [0.25, 0.3) is 20.2 Å². The van der Waals surface area contributed by atoms with E-state index in [4.69, 9.17) is 9.11 Å². The molecule has 0 saturated carbocycles. The van der Waals surface area contributed by atoms with E-state index in [1.165, 1.54) is 0 Å². The van der Waals surface area contributed by atoms with Crippen molar-refractivity contribution in [2.24, 2.45) is 0 Å². The van der Waals surface area contributed by atoms with Crippen molar-refractivity contribution < 1.29 is 76.4 Å². The molecule has 0 unspecified atom stereocenters. The minimum Gasteiger partial charge on any atom is -1.00 e. The summed E-state index contributed by atoms with van der Waals surface area (Å²) in [4.78, 5) is 0. The Labute approximate surface area is 101 Å². The first kappa shape index (κ1) is 18.3. The van der Waals surface area contributed by atoms with Gasteiger partial charge in [-0.2, -0.15) is 16.8 Å². The van der Waals surface area contributed by atoms with Crippen LogP contribution in [0.15, 0.2) is 0 Å². The molecule has 0 heterocycles. The van der Waals surface area contributed by atoms with Gasteiger partial charge in [0.15, 0.2) is 0 Å². The molecular formula is CH5NaO6S2Zn. The molecule has 0 aliphatic rings. The number of hydrogen-bond acceptors (Lipinski definition) is 4. The molecule has 0 saturated heterocycles. The minimum atomic E-state index is -4.62. The Kier molecular flexibility index (Phi) is 9.94. The van der Waals surface area contributed by atoms with Crippen LogP contribution in [0.2, 0.25) is 0 Å². The van der Waals surface area contributed by atoms with E-state index in [1.54, 1.807) is 0 Å². The summed E-state index contributed by atoms with van der Waals surface area (Å²) in [5.74, 6) is 0. The standard InChI is InChI=1S/CH4O6S2.Na.Zn.H/c2-8(3,4)1-9(5,6)7;;;/h1H2,(H,2,3,4)(H,5,6,7);;;/q;+1;;-1. The van der Waals surface area contributed by atoms with E-state index >= 15 is 0 Å². The number of hydrogen-bond donors (Lipinski definition) is 2. The molecule has 0 aliphatic heterocycles. The van der Waals surface area contributed by atoms with Crippen LogP contribution >= 0.6 is 0 Å². The maximum atomic E-state index is 9.66. The molecule has 6 nitrogen and oxygen atoms in total. The minimum absolute atomic E-state index is 0. The van der Waals surface area contributed by atoms with Crippen LogP contribution in [0.1, 0.15) is 1.43 Å². The third kappa shape index (κ3) is 18.4. The average molecular weight is 266 g/mol. The molecular weight excluding hydrogens is 261 g/mol. The zero-order valence-corrected chi connectivity index (χ0v) is 12.4. The molecule has 2 N–H and O–H groups in total. The van der Waals surface area contributed by atoms with Gasteiger partial charge in [0.1, 0.15) is 0 Å². The Hall–Kier alpha value is 1.44. The van der Waals surface area contributed by atoms with Gasteiger partial charge in [0, 0.05) is 19.5 Å². The summed E-state index contributed by atoms with van der Waals surface area (Å²) in [7, 11) is -9.24. The molecule has 0 fully saturated rings. The van der Waals surface area contributed by atoms with Crippen LogP contribution in [-0.2, 0) is 39.7 Å². The first-order valence-electron chi connectivity index (χ1n) is 1.61. The largest absolute Gasteiger partial charge is 1.00 e. The summed E-state index contributed by atoms with van der Waals surface area (Å²) in [6, 6.07) is 0. The van der Waals surface area contributed by atoms with Gasteiger partial charge in [-0.3, -0.25) is 9.11 Å². The van der Waals surface area contributed by atoms with Crippen LogP contribution in [0.5, 0.6) is 0 Å². The van der Waals surface area contributed by atoms with Crippen LogP contribution in [0.25, 0.3) is 0 Å². The van der Waals surface area contributed by atoms with Crippen LogP contribution in [0.4, 0.5) is 0 Å². The zero-order valence-electron chi connectivity index (χ0n) is 6.76. The second-order valence-corrected chi connectivity index (χ2v) is 4.55. The van der Waals surface area contributed by atoms with Gasteiger partial charge in [0.2, 0.25) is 5.08 Å². The molecule has 60 valence electrons. The topological polar surface area (TPSA) is 109 Å². The van der Waals surface area contributed by atoms with Crippen molar-refractivity contribution in [3.63, 3.8) is 0 Å². The quantitative estimate of drug-likeness (QED) is 0.387. The molecule has 0 aromatic heterocycles.